The Bertz CT molecular complexity index is 581. The number of anilines is 1. The second-order valence-electron chi connectivity index (χ2n) is 5.04. The maximum absolute atomic E-state index is 6.00. The lowest BCUT2D eigenvalue weighted by Crippen LogP contribution is -2.45. The Morgan fingerprint density at radius 1 is 1.25 bits per heavy atom. The van der Waals surface area contributed by atoms with Crippen LogP contribution in [0.5, 0.6) is 0 Å². The number of halogens is 1. The molecule has 2 heterocycles. The summed E-state index contributed by atoms with van der Waals surface area (Å²) in [6, 6.07) is 7.86. The zero-order chi connectivity index (χ0) is 13.8. The minimum absolute atomic E-state index is 0.725. The van der Waals surface area contributed by atoms with Crippen molar-refractivity contribution < 1.29 is 0 Å². The van der Waals surface area contributed by atoms with E-state index in [9.17, 15) is 0 Å². The first-order valence-corrected chi connectivity index (χ1v) is 7.42. The van der Waals surface area contributed by atoms with Gasteiger partial charge in [-0.2, -0.15) is 0 Å². The van der Waals surface area contributed by atoms with E-state index < -0.39 is 0 Å². The van der Waals surface area contributed by atoms with Crippen molar-refractivity contribution in [3.05, 3.63) is 35.5 Å². The normalized spacial score (nSPS) is 16.4. The largest absolute Gasteiger partial charge is 0.383 e. The molecule has 1 fully saturated rings. The van der Waals surface area contributed by atoms with Crippen LogP contribution in [0.25, 0.3) is 10.9 Å². The third-order valence-electron chi connectivity index (χ3n) is 3.66. The summed E-state index contributed by atoms with van der Waals surface area (Å²) in [7, 11) is 0. The topological polar surface area (TPSA) is 40.2 Å². The number of benzene rings is 1. The van der Waals surface area contributed by atoms with E-state index in [1.807, 2.05) is 30.5 Å². The van der Waals surface area contributed by atoms with Crippen LogP contribution >= 0.6 is 11.6 Å². The molecule has 0 radical (unpaired) electrons. The smallest absolute Gasteiger partial charge is 0.0737 e. The van der Waals surface area contributed by atoms with Crippen molar-refractivity contribution in [2.75, 3.05) is 44.6 Å². The molecule has 3 rings (SSSR count). The minimum Gasteiger partial charge on any atom is -0.383 e. The van der Waals surface area contributed by atoms with Crippen LogP contribution in [0.15, 0.2) is 30.5 Å². The summed E-state index contributed by atoms with van der Waals surface area (Å²) < 4.78 is 0. The molecule has 0 saturated carbocycles. The van der Waals surface area contributed by atoms with Crippen LogP contribution in [0.2, 0.25) is 5.02 Å². The molecule has 5 heteroatoms. The van der Waals surface area contributed by atoms with Gasteiger partial charge in [0.15, 0.2) is 0 Å². The monoisotopic (exact) mass is 290 g/mol. The molecule has 1 saturated heterocycles. The molecule has 4 nitrogen and oxygen atoms in total. The van der Waals surface area contributed by atoms with Crippen molar-refractivity contribution in [1.29, 1.82) is 0 Å². The molecule has 0 atom stereocenters. The number of fused-ring (bicyclic) bond motifs is 1. The molecule has 20 heavy (non-hydrogen) atoms. The standard InChI is InChI=1S/C15H19ClN4/c16-12-1-2-13-14(3-4-18-15(13)11-12)19-7-10-20-8-5-17-6-9-20/h1-4,11,17H,5-10H2,(H,18,19). The van der Waals surface area contributed by atoms with Crippen molar-refractivity contribution in [3.8, 4) is 0 Å². The molecule has 1 aromatic heterocycles. The van der Waals surface area contributed by atoms with Gasteiger partial charge in [0, 0.05) is 61.6 Å². The van der Waals surface area contributed by atoms with Gasteiger partial charge in [0.1, 0.15) is 0 Å². The predicted molar refractivity (Wildman–Crippen MR) is 84.6 cm³/mol. The SMILES string of the molecule is Clc1ccc2c(NCCN3CCNCC3)ccnc2c1. The van der Waals surface area contributed by atoms with Crippen LogP contribution in [0.4, 0.5) is 5.69 Å². The van der Waals surface area contributed by atoms with Crippen LogP contribution in [-0.4, -0.2) is 49.2 Å². The summed E-state index contributed by atoms with van der Waals surface area (Å²) in [5, 5.41) is 8.73. The number of nitrogens with one attached hydrogen (secondary N) is 2. The van der Waals surface area contributed by atoms with Crippen molar-refractivity contribution in [3.63, 3.8) is 0 Å². The molecule has 0 bridgehead atoms. The molecule has 0 amide bonds. The lowest BCUT2D eigenvalue weighted by Gasteiger charge is -2.27. The van der Waals surface area contributed by atoms with Crippen LogP contribution in [-0.2, 0) is 0 Å². The molecular weight excluding hydrogens is 272 g/mol. The van der Waals surface area contributed by atoms with Gasteiger partial charge in [0.2, 0.25) is 0 Å². The van der Waals surface area contributed by atoms with Crippen molar-refractivity contribution in [2.45, 2.75) is 0 Å². The highest BCUT2D eigenvalue weighted by molar-refractivity contribution is 6.31. The summed E-state index contributed by atoms with van der Waals surface area (Å²) >= 11 is 6.00. The van der Waals surface area contributed by atoms with E-state index in [-0.39, 0.29) is 0 Å². The van der Waals surface area contributed by atoms with E-state index in [0.717, 1.165) is 60.9 Å². The first-order valence-electron chi connectivity index (χ1n) is 7.04. The van der Waals surface area contributed by atoms with Gasteiger partial charge in [-0.3, -0.25) is 9.88 Å². The van der Waals surface area contributed by atoms with Gasteiger partial charge >= 0.3 is 0 Å². The zero-order valence-electron chi connectivity index (χ0n) is 11.4. The van der Waals surface area contributed by atoms with Crippen LogP contribution in [0.3, 0.4) is 0 Å². The number of rotatable bonds is 4. The highest BCUT2D eigenvalue weighted by Crippen LogP contribution is 2.24. The van der Waals surface area contributed by atoms with Crippen LogP contribution in [0.1, 0.15) is 0 Å². The summed E-state index contributed by atoms with van der Waals surface area (Å²) in [5.74, 6) is 0. The van der Waals surface area contributed by atoms with Gasteiger partial charge in [-0.05, 0) is 24.3 Å². The Morgan fingerprint density at radius 2 is 2.10 bits per heavy atom. The van der Waals surface area contributed by atoms with E-state index >= 15 is 0 Å². The lowest BCUT2D eigenvalue weighted by molar-refractivity contribution is 0.249. The number of aromatic nitrogens is 1. The Kier molecular flexibility index (Phi) is 4.35. The summed E-state index contributed by atoms with van der Waals surface area (Å²) in [6.07, 6.45) is 1.83. The molecular formula is C15H19ClN4. The predicted octanol–water partition coefficient (Wildman–Crippen LogP) is 2.21. The van der Waals surface area contributed by atoms with Crippen molar-refractivity contribution in [2.24, 2.45) is 0 Å². The average molecular weight is 291 g/mol. The fourth-order valence-electron chi connectivity index (χ4n) is 2.56. The van der Waals surface area contributed by atoms with E-state index in [2.05, 4.69) is 20.5 Å². The summed E-state index contributed by atoms with van der Waals surface area (Å²) in [6.45, 7) is 6.47. The van der Waals surface area contributed by atoms with E-state index in [0.29, 0.717) is 0 Å². The Morgan fingerprint density at radius 3 is 2.95 bits per heavy atom. The molecule has 0 unspecified atom stereocenters. The van der Waals surface area contributed by atoms with Crippen molar-refractivity contribution >= 4 is 28.2 Å². The third-order valence-corrected chi connectivity index (χ3v) is 3.89. The highest BCUT2D eigenvalue weighted by atomic mass is 35.5. The molecule has 106 valence electrons. The number of hydrogen-bond donors (Lipinski definition) is 2. The second-order valence-corrected chi connectivity index (χ2v) is 5.47. The molecule has 1 aliphatic heterocycles. The highest BCUT2D eigenvalue weighted by Gasteiger charge is 2.09. The quantitative estimate of drug-likeness (QED) is 0.906. The molecule has 1 aromatic carbocycles. The van der Waals surface area contributed by atoms with E-state index in [4.69, 9.17) is 11.6 Å². The summed E-state index contributed by atoms with van der Waals surface area (Å²) in [5.41, 5.74) is 2.06. The number of piperazine rings is 1. The van der Waals surface area contributed by atoms with Gasteiger partial charge in [-0.1, -0.05) is 11.6 Å². The molecule has 1 aliphatic rings. The molecule has 0 aliphatic carbocycles. The minimum atomic E-state index is 0.725. The van der Waals surface area contributed by atoms with Gasteiger partial charge < -0.3 is 10.6 Å². The van der Waals surface area contributed by atoms with E-state index in [1.54, 1.807) is 0 Å². The first-order chi connectivity index (χ1) is 9.83. The molecule has 0 spiro atoms. The fraction of sp³-hybridized carbons (Fsp3) is 0.400. The lowest BCUT2D eigenvalue weighted by atomic mass is 10.2. The average Bonchev–Trinajstić information content (AvgIpc) is 2.48. The molecule has 2 aromatic rings. The molecule has 2 N–H and O–H groups in total. The Hall–Kier alpha value is -1.36. The van der Waals surface area contributed by atoms with Gasteiger partial charge in [-0.25, -0.2) is 0 Å². The van der Waals surface area contributed by atoms with Crippen molar-refractivity contribution in [1.82, 2.24) is 15.2 Å². The second kappa shape index (κ2) is 6.39. The first kappa shape index (κ1) is 13.6. The van der Waals surface area contributed by atoms with Gasteiger partial charge in [0.05, 0.1) is 5.52 Å². The zero-order valence-corrected chi connectivity index (χ0v) is 12.2. The maximum Gasteiger partial charge on any atom is 0.0737 e. The third kappa shape index (κ3) is 3.20. The van der Waals surface area contributed by atoms with Crippen LogP contribution < -0.4 is 10.6 Å². The number of nitrogens with zero attached hydrogens (tertiary/aromatic N) is 2. The van der Waals surface area contributed by atoms with Gasteiger partial charge in [0.25, 0.3) is 0 Å². The van der Waals surface area contributed by atoms with Gasteiger partial charge in [-0.15, -0.1) is 0 Å². The Balaban J connectivity index is 1.65. The van der Waals surface area contributed by atoms with E-state index in [1.165, 1.54) is 0 Å². The maximum atomic E-state index is 6.00. The summed E-state index contributed by atoms with van der Waals surface area (Å²) in [4.78, 5) is 6.83. The number of hydrogen-bond acceptors (Lipinski definition) is 4. The number of pyridine rings is 1. The van der Waals surface area contributed by atoms with Crippen LogP contribution in [0, 0.1) is 0 Å². The fourth-order valence-corrected chi connectivity index (χ4v) is 2.73. The Labute approximate surface area is 124 Å².